The molecule has 0 saturated carbocycles. The van der Waals surface area contributed by atoms with Crippen LogP contribution in [0.25, 0.3) is 0 Å². The van der Waals surface area contributed by atoms with E-state index in [0.29, 0.717) is 31.5 Å². The first-order valence-corrected chi connectivity index (χ1v) is 27.5. The lowest BCUT2D eigenvalue weighted by Gasteiger charge is -2.20. The zero-order valence-corrected chi connectivity index (χ0v) is 41.7. The van der Waals surface area contributed by atoms with E-state index in [9.17, 15) is 28.7 Å². The summed E-state index contributed by atoms with van der Waals surface area (Å²) < 4.78 is 53.5. The first-order chi connectivity index (χ1) is 31.2. The highest BCUT2D eigenvalue weighted by atomic mass is 31.2. The number of carbonyl (C=O) groups excluding carboxylic acids is 2. The predicted molar refractivity (Wildman–Crippen MR) is 257 cm³/mol. The van der Waals surface area contributed by atoms with Gasteiger partial charge in [0, 0.05) is 12.8 Å². The van der Waals surface area contributed by atoms with Crippen LogP contribution in [0.4, 0.5) is 0 Å². The van der Waals surface area contributed by atoms with Crippen molar-refractivity contribution < 1.29 is 66.3 Å². The number of phosphoric acid groups is 2. The van der Waals surface area contributed by atoms with Crippen LogP contribution in [0.5, 0.6) is 0 Å². The maximum atomic E-state index is 12.7. The molecule has 65 heavy (non-hydrogen) atoms. The van der Waals surface area contributed by atoms with E-state index in [1.54, 1.807) is 0 Å². The van der Waals surface area contributed by atoms with Crippen LogP contribution < -0.4 is 0 Å². The van der Waals surface area contributed by atoms with Crippen LogP contribution in [-0.2, 0) is 46.5 Å². The van der Waals surface area contributed by atoms with E-state index in [4.69, 9.17) is 33.0 Å². The van der Waals surface area contributed by atoms with Crippen molar-refractivity contribution in [2.24, 2.45) is 5.92 Å². The molecule has 1 saturated heterocycles. The monoisotopic (exact) mass is 961 g/mol. The third kappa shape index (κ3) is 40.6. The van der Waals surface area contributed by atoms with Crippen molar-refractivity contribution in [1.29, 1.82) is 0 Å². The number of hydrogen-bond donors (Lipinski definition) is 4. The van der Waals surface area contributed by atoms with Crippen molar-refractivity contribution in [1.82, 2.24) is 0 Å². The van der Waals surface area contributed by atoms with Gasteiger partial charge in [-0.1, -0.05) is 178 Å². The zero-order valence-electron chi connectivity index (χ0n) is 39.9. The lowest BCUT2D eigenvalue weighted by atomic mass is 9.99. The molecule has 6 atom stereocenters. The molecule has 1 aliphatic rings. The molecule has 16 heteroatoms. The largest absolute Gasteiger partial charge is 0.472 e. The number of aliphatic hydroxyl groups excluding tert-OH is 1. The second-order valence-corrected chi connectivity index (χ2v) is 19.7. The summed E-state index contributed by atoms with van der Waals surface area (Å²) in [6.07, 6.45) is 44.0. The van der Waals surface area contributed by atoms with E-state index in [0.717, 1.165) is 57.3 Å². The van der Waals surface area contributed by atoms with Gasteiger partial charge in [-0.2, -0.15) is 0 Å². The molecule has 376 valence electrons. The smallest absolute Gasteiger partial charge is 0.462 e. The molecule has 1 rings (SSSR count). The Morgan fingerprint density at radius 1 is 0.585 bits per heavy atom. The molecule has 0 aliphatic carbocycles. The number of ether oxygens (including phenoxy) is 3. The number of phosphoric ester groups is 2. The Hall–Kier alpha value is -2.22. The zero-order chi connectivity index (χ0) is 47.9. The van der Waals surface area contributed by atoms with Crippen LogP contribution in [0.1, 0.15) is 181 Å². The summed E-state index contributed by atoms with van der Waals surface area (Å²) in [7, 11) is -9.71. The second-order valence-electron chi connectivity index (χ2n) is 17.0. The number of epoxide rings is 1. The maximum Gasteiger partial charge on any atom is 0.472 e. The Bertz CT molecular complexity index is 1460. The number of unbranched alkanes of at least 4 members (excludes halogenated alkanes) is 13. The minimum atomic E-state index is -4.88. The molecule has 1 heterocycles. The SMILES string of the molecule is CC/C=C\CC1OC1C/C=C\C/C=C\C/C=C\C/C=C\CCC(=O)O[C@H](COC(=O)CCCCCCCCCCCCCCCCC(C)CC)COP(=O)(O)OC[C@@H](O)COP(=O)(O)O. The number of hydrogen-bond acceptors (Lipinski definition) is 11. The maximum absolute atomic E-state index is 12.7. The first-order valence-electron chi connectivity index (χ1n) is 24.5. The lowest BCUT2D eigenvalue weighted by Crippen LogP contribution is -2.29. The van der Waals surface area contributed by atoms with Gasteiger partial charge in [-0.3, -0.25) is 23.2 Å². The van der Waals surface area contributed by atoms with Gasteiger partial charge in [0.25, 0.3) is 0 Å². The molecule has 14 nitrogen and oxygen atoms in total. The highest BCUT2D eigenvalue weighted by molar-refractivity contribution is 7.47. The molecule has 4 unspecified atom stereocenters. The molecular formula is C49H86O14P2. The Kier molecular flexibility index (Phi) is 37.2. The van der Waals surface area contributed by atoms with Gasteiger partial charge in [0.15, 0.2) is 6.10 Å². The summed E-state index contributed by atoms with van der Waals surface area (Å²) in [6.45, 7) is 3.94. The van der Waals surface area contributed by atoms with Gasteiger partial charge >= 0.3 is 27.6 Å². The van der Waals surface area contributed by atoms with Crippen molar-refractivity contribution in [2.45, 2.75) is 206 Å². The molecule has 0 aromatic heterocycles. The summed E-state index contributed by atoms with van der Waals surface area (Å²) in [5, 5.41) is 9.77. The molecule has 0 amide bonds. The number of rotatable bonds is 44. The Balaban J connectivity index is 2.36. The third-order valence-electron chi connectivity index (χ3n) is 10.9. The van der Waals surface area contributed by atoms with Crippen molar-refractivity contribution in [2.75, 3.05) is 26.4 Å². The van der Waals surface area contributed by atoms with Gasteiger partial charge in [-0.25, -0.2) is 9.13 Å². The molecule has 1 aliphatic heterocycles. The van der Waals surface area contributed by atoms with Crippen LogP contribution in [0.2, 0.25) is 0 Å². The normalized spacial score (nSPS) is 18.0. The van der Waals surface area contributed by atoms with Crippen LogP contribution in [-0.4, -0.2) is 82.6 Å². The average Bonchev–Trinajstić information content (AvgIpc) is 4.03. The summed E-state index contributed by atoms with van der Waals surface area (Å²) in [6, 6.07) is 0. The van der Waals surface area contributed by atoms with E-state index < -0.39 is 66.2 Å². The Morgan fingerprint density at radius 2 is 1.06 bits per heavy atom. The Morgan fingerprint density at radius 3 is 1.60 bits per heavy atom. The average molecular weight is 961 g/mol. The van der Waals surface area contributed by atoms with E-state index in [1.165, 1.54) is 77.0 Å². The van der Waals surface area contributed by atoms with Crippen LogP contribution >= 0.6 is 15.6 Å². The minimum absolute atomic E-state index is 0.00212. The van der Waals surface area contributed by atoms with Gasteiger partial charge in [-0.05, 0) is 57.3 Å². The van der Waals surface area contributed by atoms with Crippen molar-refractivity contribution in [3.05, 3.63) is 60.8 Å². The molecule has 0 bridgehead atoms. The fourth-order valence-corrected chi connectivity index (χ4v) is 7.84. The summed E-state index contributed by atoms with van der Waals surface area (Å²) in [5.41, 5.74) is 0. The predicted octanol–water partition coefficient (Wildman–Crippen LogP) is 12.0. The highest BCUT2D eigenvalue weighted by Crippen LogP contribution is 2.44. The third-order valence-corrected chi connectivity index (χ3v) is 12.3. The summed E-state index contributed by atoms with van der Waals surface area (Å²) >= 11 is 0. The first kappa shape index (κ1) is 60.8. The summed E-state index contributed by atoms with van der Waals surface area (Å²) in [4.78, 5) is 52.8. The molecule has 4 N–H and O–H groups in total. The standard InChI is InChI=1S/C49H86O14P2/c1-4-6-29-35-46-47(63-46)36-31-26-22-18-14-11-12-16-20-24-28-33-38-49(52)62-45(42-61-65(56,57)60-40-44(50)39-59-64(53,54)55)41-58-48(51)37-32-27-23-19-15-10-8-7-9-13-17-21-25-30-34-43(3)5-2/h6,12,14,16,18,24,26,28-29,31,43-47,50H,4-5,7-11,13,15,17,19-23,25,27,30,32-42H2,1-3H3,(H,56,57)(H2,53,54,55)/b16-12-,18-14-,28-24-,29-6-,31-26-/t43?,44-,45+,46?,47?/m0/s1. The molecule has 0 radical (unpaired) electrons. The lowest BCUT2D eigenvalue weighted by molar-refractivity contribution is -0.161. The van der Waals surface area contributed by atoms with Crippen LogP contribution in [0.15, 0.2) is 60.8 Å². The van der Waals surface area contributed by atoms with Gasteiger partial charge in [0.1, 0.15) is 12.7 Å². The number of esters is 2. The van der Waals surface area contributed by atoms with Gasteiger partial charge in [0.2, 0.25) is 0 Å². The fraction of sp³-hybridized carbons (Fsp3) is 0.755. The number of aliphatic hydroxyl groups is 1. The number of allylic oxidation sites excluding steroid dienone is 8. The van der Waals surface area contributed by atoms with E-state index >= 15 is 0 Å². The van der Waals surface area contributed by atoms with Crippen LogP contribution in [0.3, 0.4) is 0 Å². The topological polar surface area (TPSA) is 208 Å². The molecule has 0 aromatic rings. The second kappa shape index (κ2) is 39.7. The molecule has 0 spiro atoms. The fourth-order valence-electron chi connectivity index (χ4n) is 6.69. The molecule has 1 fully saturated rings. The molecule has 0 aromatic carbocycles. The highest BCUT2D eigenvalue weighted by Gasteiger charge is 2.36. The quantitative estimate of drug-likeness (QED) is 0.0147. The van der Waals surface area contributed by atoms with E-state index in [2.05, 4.69) is 67.8 Å². The molecular weight excluding hydrogens is 874 g/mol. The van der Waals surface area contributed by atoms with E-state index in [-0.39, 0.29) is 12.8 Å². The van der Waals surface area contributed by atoms with Crippen LogP contribution in [0, 0.1) is 5.92 Å². The number of carbonyl (C=O) groups is 2. The summed E-state index contributed by atoms with van der Waals surface area (Å²) in [5.74, 6) is -0.273. The van der Waals surface area contributed by atoms with E-state index in [1.807, 2.05) is 18.2 Å². The van der Waals surface area contributed by atoms with Crippen molar-refractivity contribution >= 4 is 27.6 Å². The minimum Gasteiger partial charge on any atom is -0.462 e. The van der Waals surface area contributed by atoms with Gasteiger partial charge in [0.05, 0.1) is 32.0 Å². The van der Waals surface area contributed by atoms with Gasteiger partial charge in [-0.15, -0.1) is 0 Å². The van der Waals surface area contributed by atoms with Crippen molar-refractivity contribution in [3.8, 4) is 0 Å². The Labute approximate surface area is 391 Å². The van der Waals surface area contributed by atoms with Crippen molar-refractivity contribution in [3.63, 3.8) is 0 Å². The van der Waals surface area contributed by atoms with Gasteiger partial charge < -0.3 is 34.0 Å².